The minimum atomic E-state index is -0.808. The average molecular weight is 511 g/mol. The second-order valence-electron chi connectivity index (χ2n) is 7.99. The molecule has 2 aromatic heterocycles. The maximum Gasteiger partial charge on any atom is 0.323 e. The zero-order chi connectivity index (χ0) is 25.1. The number of hydrogen-bond acceptors (Lipinski definition) is 5. The van der Waals surface area contributed by atoms with Crippen molar-refractivity contribution in [2.75, 3.05) is 41.8 Å². The molecule has 0 atom stereocenters. The van der Waals surface area contributed by atoms with Crippen LogP contribution < -0.4 is 15.5 Å². The highest BCUT2D eigenvalue weighted by atomic mass is 35.5. The van der Waals surface area contributed by atoms with Crippen molar-refractivity contribution >= 4 is 35.0 Å². The second-order valence-corrected chi connectivity index (χ2v) is 8.43. The van der Waals surface area contributed by atoms with Crippen molar-refractivity contribution < 1.29 is 18.3 Å². The molecule has 5 rings (SSSR count). The Morgan fingerprint density at radius 3 is 2.53 bits per heavy atom. The first-order chi connectivity index (χ1) is 17.5. The Kier molecular flexibility index (Phi) is 6.79. The van der Waals surface area contributed by atoms with Crippen LogP contribution >= 0.6 is 11.6 Å². The molecule has 2 aromatic carbocycles. The monoisotopic (exact) mass is 510 g/mol. The van der Waals surface area contributed by atoms with Crippen molar-refractivity contribution in [3.05, 3.63) is 77.6 Å². The Morgan fingerprint density at radius 1 is 1.03 bits per heavy atom. The van der Waals surface area contributed by atoms with E-state index in [2.05, 4.69) is 20.6 Å². The Morgan fingerprint density at radius 2 is 1.78 bits per heavy atom. The molecule has 1 aliphatic heterocycles. The summed E-state index contributed by atoms with van der Waals surface area (Å²) in [5, 5.41) is 4.99. The molecule has 3 N–H and O–H groups in total. The van der Waals surface area contributed by atoms with Gasteiger partial charge in [-0.1, -0.05) is 17.7 Å². The normalized spacial score (nSPS) is 13.5. The van der Waals surface area contributed by atoms with Crippen molar-refractivity contribution in [3.8, 4) is 22.5 Å². The predicted octanol–water partition coefficient (Wildman–Crippen LogP) is 5.55. The Balaban J connectivity index is 1.47. The summed E-state index contributed by atoms with van der Waals surface area (Å²) >= 11 is 5.75. The number of aromatic nitrogens is 3. The van der Waals surface area contributed by atoms with Crippen LogP contribution in [-0.4, -0.2) is 47.3 Å². The SMILES string of the molecule is O=C(Nc1ccc(Cl)cc1F)Nc1cccc(-c2nc(N3CCOCC3)[nH]c2-c2ccncc2)c1F. The van der Waals surface area contributed by atoms with E-state index in [0.29, 0.717) is 43.6 Å². The molecular formula is C25H21ClF2N6O2. The van der Waals surface area contributed by atoms with Gasteiger partial charge in [0.15, 0.2) is 5.82 Å². The van der Waals surface area contributed by atoms with Crippen LogP contribution in [0, 0.1) is 11.6 Å². The van der Waals surface area contributed by atoms with Gasteiger partial charge >= 0.3 is 6.03 Å². The number of pyridine rings is 1. The van der Waals surface area contributed by atoms with Crippen LogP contribution in [0.4, 0.5) is 30.9 Å². The summed E-state index contributed by atoms with van der Waals surface area (Å²) in [5.41, 5.74) is 1.79. The van der Waals surface area contributed by atoms with E-state index in [0.717, 1.165) is 11.6 Å². The number of imidazole rings is 1. The largest absolute Gasteiger partial charge is 0.378 e. The van der Waals surface area contributed by atoms with Gasteiger partial charge in [0.2, 0.25) is 5.95 Å². The number of halogens is 3. The van der Waals surface area contributed by atoms with Crippen LogP contribution in [0.15, 0.2) is 60.9 Å². The Labute approximate surface area is 210 Å². The molecule has 0 radical (unpaired) electrons. The van der Waals surface area contributed by atoms with Crippen molar-refractivity contribution in [2.24, 2.45) is 0 Å². The molecule has 11 heteroatoms. The summed E-state index contributed by atoms with van der Waals surface area (Å²) in [7, 11) is 0. The molecule has 36 heavy (non-hydrogen) atoms. The first-order valence-electron chi connectivity index (χ1n) is 11.1. The lowest BCUT2D eigenvalue weighted by Crippen LogP contribution is -2.36. The maximum absolute atomic E-state index is 15.7. The third-order valence-corrected chi connectivity index (χ3v) is 5.89. The standard InChI is InChI=1S/C25H21ClF2N6O2/c26-16-4-5-19(18(27)14-16)30-25(35)31-20-3-1-2-17(21(20)28)23-22(15-6-8-29-9-7-15)32-24(33-23)34-10-12-36-13-11-34/h1-9,14H,10-13H2,(H,32,33)(H2,30,31,35). The van der Waals surface area contributed by atoms with E-state index >= 15 is 4.39 Å². The minimum absolute atomic E-state index is 0.0871. The van der Waals surface area contributed by atoms with Crippen molar-refractivity contribution in [1.82, 2.24) is 15.0 Å². The van der Waals surface area contributed by atoms with E-state index < -0.39 is 17.7 Å². The van der Waals surface area contributed by atoms with Gasteiger partial charge in [-0.25, -0.2) is 18.6 Å². The molecule has 0 bridgehead atoms. The van der Waals surface area contributed by atoms with Gasteiger partial charge in [-0.3, -0.25) is 4.98 Å². The van der Waals surface area contributed by atoms with E-state index in [1.165, 1.54) is 18.2 Å². The van der Waals surface area contributed by atoms with Crippen LogP contribution in [0.5, 0.6) is 0 Å². The summed E-state index contributed by atoms with van der Waals surface area (Å²) in [6.45, 7) is 2.43. The summed E-state index contributed by atoms with van der Waals surface area (Å²) in [6, 6.07) is 11.2. The highest BCUT2D eigenvalue weighted by Gasteiger charge is 2.23. The molecule has 0 unspecified atom stereocenters. The van der Waals surface area contributed by atoms with Gasteiger partial charge in [0.05, 0.1) is 30.3 Å². The van der Waals surface area contributed by atoms with Gasteiger partial charge in [-0.2, -0.15) is 0 Å². The number of urea groups is 1. The van der Waals surface area contributed by atoms with Gasteiger partial charge in [-0.15, -0.1) is 0 Å². The molecule has 1 fully saturated rings. The van der Waals surface area contributed by atoms with E-state index in [1.807, 2.05) is 4.90 Å². The number of benzene rings is 2. The van der Waals surface area contributed by atoms with Gasteiger partial charge in [-0.05, 0) is 42.5 Å². The number of anilines is 3. The molecule has 0 saturated carbocycles. The molecule has 0 spiro atoms. The highest BCUT2D eigenvalue weighted by Crippen LogP contribution is 2.36. The van der Waals surface area contributed by atoms with Crippen LogP contribution in [0.25, 0.3) is 22.5 Å². The molecule has 8 nitrogen and oxygen atoms in total. The number of hydrogen-bond donors (Lipinski definition) is 3. The van der Waals surface area contributed by atoms with Gasteiger partial charge in [0.25, 0.3) is 0 Å². The first kappa shape index (κ1) is 23.7. The molecule has 1 aliphatic rings. The lowest BCUT2D eigenvalue weighted by Gasteiger charge is -2.26. The Bertz CT molecular complexity index is 1390. The summed E-state index contributed by atoms with van der Waals surface area (Å²) in [6.07, 6.45) is 3.28. The zero-order valence-electron chi connectivity index (χ0n) is 18.9. The fourth-order valence-electron chi connectivity index (χ4n) is 3.89. The quantitative estimate of drug-likeness (QED) is 0.327. The van der Waals surface area contributed by atoms with Crippen molar-refractivity contribution in [2.45, 2.75) is 0 Å². The number of ether oxygens (including phenoxy) is 1. The molecule has 3 heterocycles. The van der Waals surface area contributed by atoms with E-state index in [1.54, 1.807) is 36.7 Å². The van der Waals surface area contributed by atoms with Crippen LogP contribution in [-0.2, 0) is 4.74 Å². The van der Waals surface area contributed by atoms with Crippen LogP contribution in [0.2, 0.25) is 5.02 Å². The average Bonchev–Trinajstić information content (AvgIpc) is 3.33. The lowest BCUT2D eigenvalue weighted by atomic mass is 10.0. The molecule has 1 saturated heterocycles. The fourth-order valence-corrected chi connectivity index (χ4v) is 4.04. The third-order valence-electron chi connectivity index (χ3n) is 5.65. The van der Waals surface area contributed by atoms with Crippen LogP contribution in [0.3, 0.4) is 0 Å². The van der Waals surface area contributed by atoms with Gasteiger partial charge < -0.3 is 25.3 Å². The highest BCUT2D eigenvalue weighted by molar-refractivity contribution is 6.30. The minimum Gasteiger partial charge on any atom is -0.378 e. The number of amides is 2. The first-order valence-corrected chi connectivity index (χ1v) is 11.5. The Hall–Kier alpha value is -4.02. The smallest absolute Gasteiger partial charge is 0.323 e. The second kappa shape index (κ2) is 10.3. The van der Waals surface area contributed by atoms with Crippen molar-refractivity contribution in [1.29, 1.82) is 0 Å². The molecular weight excluding hydrogens is 490 g/mol. The maximum atomic E-state index is 15.7. The molecule has 0 aliphatic carbocycles. The number of carbonyl (C=O) groups excluding carboxylic acids is 1. The van der Waals surface area contributed by atoms with E-state index in [9.17, 15) is 9.18 Å². The predicted molar refractivity (Wildman–Crippen MR) is 134 cm³/mol. The molecule has 184 valence electrons. The topological polar surface area (TPSA) is 95.2 Å². The summed E-state index contributed by atoms with van der Waals surface area (Å²) < 4.78 is 35.2. The molecule has 2 amide bonds. The number of morpholine rings is 1. The van der Waals surface area contributed by atoms with Crippen molar-refractivity contribution in [3.63, 3.8) is 0 Å². The molecule has 4 aromatic rings. The number of rotatable bonds is 5. The third kappa shape index (κ3) is 5.00. The van der Waals surface area contributed by atoms with E-state index in [4.69, 9.17) is 21.3 Å². The number of aromatic amines is 1. The van der Waals surface area contributed by atoms with E-state index in [-0.39, 0.29) is 22.0 Å². The summed E-state index contributed by atoms with van der Waals surface area (Å²) in [5.74, 6) is -0.797. The lowest BCUT2D eigenvalue weighted by molar-refractivity contribution is 0.122. The van der Waals surface area contributed by atoms with Gasteiger partial charge in [0.1, 0.15) is 11.5 Å². The number of nitrogens with zero attached hydrogens (tertiary/aromatic N) is 3. The number of carbonyl (C=O) groups is 1. The fraction of sp³-hybridized carbons (Fsp3) is 0.160. The van der Waals surface area contributed by atoms with Gasteiger partial charge in [0, 0.05) is 41.6 Å². The number of H-pyrrole nitrogens is 1. The zero-order valence-corrected chi connectivity index (χ0v) is 19.6. The van der Waals surface area contributed by atoms with Crippen LogP contribution in [0.1, 0.15) is 0 Å². The number of nitrogens with one attached hydrogen (secondary N) is 3. The summed E-state index contributed by atoms with van der Waals surface area (Å²) in [4.78, 5) is 26.6.